The Kier molecular flexibility index (Phi) is 2.13. The third kappa shape index (κ3) is 1.38. The van der Waals surface area contributed by atoms with Crippen molar-refractivity contribution in [1.29, 1.82) is 0 Å². The highest BCUT2D eigenvalue weighted by Crippen LogP contribution is 2.32. The number of amides is 1. The Morgan fingerprint density at radius 1 is 1.06 bits per heavy atom. The van der Waals surface area contributed by atoms with Gasteiger partial charge < -0.3 is 4.90 Å². The van der Waals surface area contributed by atoms with Crippen LogP contribution >= 0.6 is 0 Å². The van der Waals surface area contributed by atoms with Crippen molar-refractivity contribution in [3.63, 3.8) is 0 Å². The molecule has 1 aliphatic carbocycles. The number of fused-ring (bicyclic) bond motifs is 1. The normalized spacial score (nSPS) is 27.2. The summed E-state index contributed by atoms with van der Waals surface area (Å²) < 4.78 is 0. The van der Waals surface area contributed by atoms with Crippen LogP contribution in [0, 0.1) is 11.8 Å². The van der Waals surface area contributed by atoms with Gasteiger partial charge in [0.1, 0.15) is 0 Å². The Labute approximate surface area is 94.9 Å². The van der Waals surface area contributed by atoms with Gasteiger partial charge in [-0.2, -0.15) is 0 Å². The molecule has 2 nitrogen and oxygen atoms in total. The Bertz CT molecular complexity index is 461. The lowest BCUT2D eigenvalue weighted by molar-refractivity contribution is -0.119. The maximum atomic E-state index is 12.2. The van der Waals surface area contributed by atoms with E-state index >= 15 is 0 Å². The summed E-state index contributed by atoms with van der Waals surface area (Å²) in [6, 6.07) is 9.88. The summed E-state index contributed by atoms with van der Waals surface area (Å²) in [4.78, 5) is 14.1. The van der Waals surface area contributed by atoms with Crippen molar-refractivity contribution in [2.24, 2.45) is 11.8 Å². The van der Waals surface area contributed by atoms with E-state index in [0.29, 0.717) is 5.92 Å². The van der Waals surface area contributed by atoms with Gasteiger partial charge in [0.25, 0.3) is 0 Å². The van der Waals surface area contributed by atoms with Gasteiger partial charge in [-0.05, 0) is 12.1 Å². The van der Waals surface area contributed by atoms with Crippen molar-refractivity contribution in [3.8, 4) is 0 Å². The summed E-state index contributed by atoms with van der Waals surface area (Å²) in [6.45, 7) is 0.800. The molecule has 16 heavy (non-hydrogen) atoms. The zero-order valence-electron chi connectivity index (χ0n) is 8.91. The largest absolute Gasteiger partial charge is 0.311 e. The van der Waals surface area contributed by atoms with E-state index in [1.807, 2.05) is 53.5 Å². The van der Waals surface area contributed by atoms with Gasteiger partial charge in [-0.15, -0.1) is 0 Å². The van der Waals surface area contributed by atoms with Gasteiger partial charge in [-0.1, -0.05) is 42.5 Å². The predicted molar refractivity (Wildman–Crippen MR) is 64.1 cm³/mol. The first-order valence-electron chi connectivity index (χ1n) is 5.58. The molecule has 2 aliphatic rings. The fraction of sp³-hybridized carbons (Fsp3) is 0.214. The van der Waals surface area contributed by atoms with Gasteiger partial charge in [-0.3, -0.25) is 4.79 Å². The van der Waals surface area contributed by atoms with E-state index in [-0.39, 0.29) is 11.8 Å². The molecule has 1 amide bonds. The summed E-state index contributed by atoms with van der Waals surface area (Å²) in [6.07, 6.45) is 8.14. The number of carbonyl (C=O) groups is 1. The van der Waals surface area contributed by atoms with E-state index in [2.05, 4.69) is 6.08 Å². The molecule has 0 radical (unpaired) electrons. The van der Waals surface area contributed by atoms with Crippen LogP contribution in [-0.4, -0.2) is 12.5 Å². The second kappa shape index (κ2) is 3.63. The average molecular weight is 211 g/mol. The maximum Gasteiger partial charge on any atom is 0.234 e. The molecule has 0 spiro atoms. The molecule has 2 atom stereocenters. The fourth-order valence-corrected chi connectivity index (χ4v) is 2.41. The number of para-hydroxylation sites is 1. The molecule has 1 heterocycles. The molecule has 2 heteroatoms. The molecule has 1 fully saturated rings. The topological polar surface area (TPSA) is 20.3 Å². The summed E-state index contributed by atoms with van der Waals surface area (Å²) in [5.41, 5.74) is 1.00. The molecule has 3 rings (SSSR count). The molecule has 0 aromatic heterocycles. The molecular formula is C14H13NO. The van der Waals surface area contributed by atoms with Crippen LogP contribution in [0.4, 0.5) is 5.69 Å². The van der Waals surface area contributed by atoms with Gasteiger partial charge in [0.15, 0.2) is 0 Å². The zero-order valence-corrected chi connectivity index (χ0v) is 8.91. The quantitative estimate of drug-likeness (QED) is 0.698. The molecule has 0 bridgehead atoms. The molecule has 1 aromatic rings. The number of nitrogens with zero attached hydrogens (tertiary/aromatic N) is 1. The molecule has 0 N–H and O–H groups in total. The highest BCUT2D eigenvalue weighted by Gasteiger charge is 2.38. The lowest BCUT2D eigenvalue weighted by atomic mass is 9.92. The number of allylic oxidation sites excluding steroid dienone is 2. The SMILES string of the molecule is O=C1C2C=CC=CC2CN1c1ccccc1. The Morgan fingerprint density at radius 3 is 2.56 bits per heavy atom. The van der Waals surface area contributed by atoms with Crippen LogP contribution in [0.15, 0.2) is 54.6 Å². The Morgan fingerprint density at radius 2 is 1.81 bits per heavy atom. The van der Waals surface area contributed by atoms with E-state index in [1.54, 1.807) is 0 Å². The van der Waals surface area contributed by atoms with E-state index in [9.17, 15) is 4.79 Å². The first-order chi connectivity index (χ1) is 7.86. The van der Waals surface area contributed by atoms with Crippen LogP contribution < -0.4 is 4.90 Å². The fourth-order valence-electron chi connectivity index (χ4n) is 2.41. The Hall–Kier alpha value is -1.83. The maximum absolute atomic E-state index is 12.2. The highest BCUT2D eigenvalue weighted by atomic mass is 16.2. The summed E-state index contributed by atoms with van der Waals surface area (Å²) >= 11 is 0. The Balaban J connectivity index is 1.92. The number of rotatable bonds is 1. The van der Waals surface area contributed by atoms with E-state index < -0.39 is 0 Å². The third-order valence-electron chi connectivity index (χ3n) is 3.26. The average Bonchev–Trinajstić information content (AvgIpc) is 2.69. The summed E-state index contributed by atoms with van der Waals surface area (Å²) in [7, 11) is 0. The monoisotopic (exact) mass is 211 g/mol. The zero-order chi connectivity index (χ0) is 11.0. The smallest absolute Gasteiger partial charge is 0.234 e. The molecule has 0 saturated carbocycles. The molecule has 1 aromatic carbocycles. The lowest BCUT2D eigenvalue weighted by Crippen LogP contribution is -2.26. The molecule has 80 valence electrons. The van der Waals surface area contributed by atoms with Gasteiger partial charge in [0.05, 0.1) is 5.92 Å². The molecule has 2 unspecified atom stereocenters. The standard InChI is InChI=1S/C14H13NO/c16-14-13-9-5-4-6-11(13)10-15(14)12-7-2-1-3-8-12/h1-9,11,13H,10H2. The minimum Gasteiger partial charge on any atom is -0.311 e. The van der Waals surface area contributed by atoms with Crippen molar-refractivity contribution >= 4 is 11.6 Å². The number of hydrogen-bond donors (Lipinski definition) is 0. The minimum absolute atomic E-state index is 0.0465. The van der Waals surface area contributed by atoms with Crippen LogP contribution in [0.2, 0.25) is 0 Å². The predicted octanol–water partition coefficient (Wildman–Crippen LogP) is 2.39. The van der Waals surface area contributed by atoms with Gasteiger partial charge >= 0.3 is 0 Å². The molecule has 1 saturated heterocycles. The van der Waals surface area contributed by atoms with Crippen LogP contribution in [-0.2, 0) is 4.79 Å². The van der Waals surface area contributed by atoms with Crippen LogP contribution in [0.5, 0.6) is 0 Å². The van der Waals surface area contributed by atoms with Gasteiger partial charge in [0, 0.05) is 18.2 Å². The molecular weight excluding hydrogens is 198 g/mol. The third-order valence-corrected chi connectivity index (χ3v) is 3.26. The first kappa shape index (κ1) is 9.40. The number of hydrogen-bond acceptors (Lipinski definition) is 1. The van der Waals surface area contributed by atoms with Crippen molar-refractivity contribution < 1.29 is 4.79 Å². The molecule has 1 aliphatic heterocycles. The second-order valence-electron chi connectivity index (χ2n) is 4.24. The van der Waals surface area contributed by atoms with Crippen molar-refractivity contribution in [3.05, 3.63) is 54.6 Å². The summed E-state index contributed by atoms with van der Waals surface area (Å²) in [5.74, 6) is 0.611. The number of anilines is 1. The van der Waals surface area contributed by atoms with Gasteiger partial charge in [0.2, 0.25) is 5.91 Å². The number of benzene rings is 1. The lowest BCUT2D eigenvalue weighted by Gasteiger charge is -2.15. The van der Waals surface area contributed by atoms with E-state index in [4.69, 9.17) is 0 Å². The number of carbonyl (C=O) groups excluding carboxylic acids is 1. The summed E-state index contributed by atoms with van der Waals surface area (Å²) in [5, 5.41) is 0. The van der Waals surface area contributed by atoms with Crippen molar-refractivity contribution in [1.82, 2.24) is 0 Å². The van der Waals surface area contributed by atoms with Crippen LogP contribution in [0.1, 0.15) is 0 Å². The van der Waals surface area contributed by atoms with Crippen molar-refractivity contribution in [2.75, 3.05) is 11.4 Å². The van der Waals surface area contributed by atoms with E-state index in [0.717, 1.165) is 12.2 Å². The highest BCUT2D eigenvalue weighted by molar-refractivity contribution is 5.99. The van der Waals surface area contributed by atoms with Crippen LogP contribution in [0.3, 0.4) is 0 Å². The van der Waals surface area contributed by atoms with Crippen molar-refractivity contribution in [2.45, 2.75) is 0 Å². The first-order valence-corrected chi connectivity index (χ1v) is 5.58. The minimum atomic E-state index is 0.0465. The van der Waals surface area contributed by atoms with Crippen LogP contribution in [0.25, 0.3) is 0 Å². The second-order valence-corrected chi connectivity index (χ2v) is 4.24. The van der Waals surface area contributed by atoms with E-state index in [1.165, 1.54) is 0 Å². The van der Waals surface area contributed by atoms with Gasteiger partial charge in [-0.25, -0.2) is 0 Å².